The van der Waals surface area contributed by atoms with Crippen molar-refractivity contribution in [1.29, 1.82) is 0 Å². The highest BCUT2D eigenvalue weighted by Gasteiger charge is 2.30. The lowest BCUT2D eigenvalue weighted by molar-refractivity contribution is -0.129. The Labute approximate surface area is 351 Å². The Balaban J connectivity index is 1.56. The number of phenols is 12. The molecule has 0 saturated heterocycles. The summed E-state index contributed by atoms with van der Waals surface area (Å²) in [7, 11) is 0. The third kappa shape index (κ3) is 11.3. The summed E-state index contributed by atoms with van der Waals surface area (Å²) in [6.45, 7) is -2.59. The number of aromatic hydroxyl groups is 12. The van der Waals surface area contributed by atoms with Crippen molar-refractivity contribution >= 4 is 41.4 Å². The quantitative estimate of drug-likeness (QED) is 0.0498. The number of carbonyl (C=O) groups is 7. The lowest BCUT2D eigenvalue weighted by Gasteiger charge is -2.24. The molecule has 0 aliphatic heterocycles. The van der Waals surface area contributed by atoms with Crippen LogP contribution < -0.4 is 37.6 Å². The van der Waals surface area contributed by atoms with Gasteiger partial charge in [0.2, 0.25) is 17.7 Å². The molecular formula is C37H37N7O19. The van der Waals surface area contributed by atoms with E-state index in [1.54, 1.807) is 0 Å². The van der Waals surface area contributed by atoms with Gasteiger partial charge >= 0.3 is 0 Å². The smallest absolute Gasteiger partial charge is 0.252 e. The van der Waals surface area contributed by atoms with E-state index in [0.29, 0.717) is 24.3 Å². The number of hydrogen-bond acceptors (Lipinski definition) is 19. The summed E-state index contributed by atoms with van der Waals surface area (Å²) < 4.78 is 0. The van der Waals surface area contributed by atoms with Gasteiger partial charge in [-0.05, 0) is 48.5 Å². The number of rotatable bonds is 16. The summed E-state index contributed by atoms with van der Waals surface area (Å²) >= 11 is 0. The minimum atomic E-state index is -1.91. The fourth-order valence-corrected chi connectivity index (χ4v) is 5.26. The van der Waals surface area contributed by atoms with Crippen LogP contribution in [0.15, 0.2) is 48.5 Å². The third-order valence-corrected chi connectivity index (χ3v) is 8.64. The third-order valence-electron chi connectivity index (χ3n) is 8.64. The van der Waals surface area contributed by atoms with Crippen LogP contribution in [0, 0.1) is 0 Å². The molecule has 334 valence electrons. The predicted octanol–water partition coefficient (Wildman–Crippen LogP) is -3.00. The number of hydrogen-bond donors (Lipinski definition) is 19. The summed E-state index contributed by atoms with van der Waals surface area (Å²) in [5.41, 5.74) is 3.47. The number of amides is 7. The topological polar surface area (TPSA) is 460 Å². The Bertz CT molecular complexity index is 2420. The second kappa shape index (κ2) is 19.2. The summed E-state index contributed by atoms with van der Waals surface area (Å²) in [4.78, 5) is 91.6. The Hall–Kier alpha value is -9.23. The average Bonchev–Trinajstić information content (AvgIpc) is 3.22. The van der Waals surface area contributed by atoms with Crippen LogP contribution in [0.3, 0.4) is 0 Å². The Kier molecular flexibility index (Phi) is 14.2. The van der Waals surface area contributed by atoms with Crippen molar-refractivity contribution in [3.8, 4) is 69.0 Å². The molecule has 0 aliphatic rings. The van der Waals surface area contributed by atoms with Crippen molar-refractivity contribution in [2.75, 3.05) is 19.6 Å². The number of nitrogens with two attached hydrogens (primary N) is 1. The highest BCUT2D eigenvalue weighted by molar-refractivity contribution is 6.01. The lowest BCUT2D eigenvalue weighted by atomic mass is 10.1. The number of benzene rings is 4. The van der Waals surface area contributed by atoms with E-state index < -0.39 is 170 Å². The van der Waals surface area contributed by atoms with Gasteiger partial charge in [0.05, 0.1) is 0 Å². The summed E-state index contributed by atoms with van der Waals surface area (Å²) in [6.07, 6.45) is 0. The first-order valence-electron chi connectivity index (χ1n) is 17.5. The van der Waals surface area contributed by atoms with Crippen molar-refractivity contribution < 1.29 is 94.8 Å². The van der Waals surface area contributed by atoms with Gasteiger partial charge in [-0.3, -0.25) is 33.6 Å². The van der Waals surface area contributed by atoms with Crippen molar-refractivity contribution in [1.82, 2.24) is 31.9 Å². The first-order chi connectivity index (χ1) is 29.5. The zero-order chi connectivity index (χ0) is 47.0. The van der Waals surface area contributed by atoms with E-state index >= 15 is 0 Å². The minimum absolute atomic E-state index is 0.450. The molecule has 4 aromatic rings. The van der Waals surface area contributed by atoms with Crippen molar-refractivity contribution in [2.45, 2.75) is 18.1 Å². The van der Waals surface area contributed by atoms with Gasteiger partial charge in [-0.1, -0.05) is 0 Å². The lowest BCUT2D eigenvalue weighted by Crippen LogP contribution is -2.60. The van der Waals surface area contributed by atoms with Gasteiger partial charge in [0.25, 0.3) is 23.6 Å². The molecule has 3 unspecified atom stereocenters. The molecule has 0 aromatic heterocycles. The van der Waals surface area contributed by atoms with Crippen molar-refractivity contribution in [2.24, 2.45) is 5.73 Å². The van der Waals surface area contributed by atoms with Crippen LogP contribution in [0.25, 0.3) is 0 Å². The highest BCUT2D eigenvalue weighted by Crippen LogP contribution is 2.38. The number of primary amides is 1. The maximum absolute atomic E-state index is 13.6. The predicted molar refractivity (Wildman–Crippen MR) is 207 cm³/mol. The van der Waals surface area contributed by atoms with Crippen LogP contribution in [-0.2, 0) is 14.4 Å². The summed E-state index contributed by atoms with van der Waals surface area (Å²) in [5.74, 6) is -19.9. The maximum atomic E-state index is 13.6. The van der Waals surface area contributed by atoms with E-state index in [9.17, 15) is 94.8 Å². The molecule has 3 atom stereocenters. The molecule has 0 spiro atoms. The fourth-order valence-electron chi connectivity index (χ4n) is 5.26. The first-order valence-corrected chi connectivity index (χ1v) is 17.5. The molecule has 0 radical (unpaired) electrons. The molecule has 0 bridgehead atoms. The Morgan fingerprint density at radius 1 is 0.365 bits per heavy atom. The normalized spacial score (nSPS) is 12.1. The minimum Gasteiger partial charge on any atom is -0.504 e. The maximum Gasteiger partial charge on any atom is 0.252 e. The second-order valence-electron chi connectivity index (χ2n) is 13.1. The van der Waals surface area contributed by atoms with Crippen LogP contribution in [0.1, 0.15) is 41.4 Å². The molecule has 0 saturated carbocycles. The summed E-state index contributed by atoms with van der Waals surface area (Å²) in [6, 6.07) is 0.0650. The summed E-state index contributed by atoms with van der Waals surface area (Å²) in [5, 5.41) is 130. The SMILES string of the molecule is NC(=O)C(CNC(=O)C(CNC(=O)c1cc(O)c(O)c(O)c1)NC(=O)c1cc(O)c(O)c(O)c1)NC(=O)C(CNC(=O)c1cc(O)c(O)c(O)c1)NC(=O)c1cc(O)c(O)c(O)c1. The van der Waals surface area contributed by atoms with Gasteiger partial charge in [0.15, 0.2) is 69.0 Å². The number of nitrogens with one attached hydrogen (secondary N) is 6. The van der Waals surface area contributed by atoms with E-state index in [0.717, 1.165) is 24.3 Å². The number of phenolic OH excluding ortho intramolecular Hbond substituents is 12. The van der Waals surface area contributed by atoms with Gasteiger partial charge in [-0.15, -0.1) is 0 Å². The van der Waals surface area contributed by atoms with E-state index in [2.05, 4.69) is 31.9 Å². The van der Waals surface area contributed by atoms with Crippen LogP contribution >= 0.6 is 0 Å². The van der Waals surface area contributed by atoms with Gasteiger partial charge in [0.1, 0.15) is 18.1 Å². The van der Waals surface area contributed by atoms with Crippen molar-refractivity contribution in [3.63, 3.8) is 0 Å². The molecule has 7 amide bonds. The van der Waals surface area contributed by atoms with E-state index in [-0.39, 0.29) is 0 Å². The molecule has 63 heavy (non-hydrogen) atoms. The zero-order valence-electron chi connectivity index (χ0n) is 31.8. The molecule has 26 heteroatoms. The van der Waals surface area contributed by atoms with Gasteiger partial charge < -0.3 is 98.9 Å². The molecule has 20 N–H and O–H groups in total. The van der Waals surface area contributed by atoms with Gasteiger partial charge in [-0.25, -0.2) is 0 Å². The second-order valence-corrected chi connectivity index (χ2v) is 13.1. The molecular weight excluding hydrogens is 846 g/mol. The van der Waals surface area contributed by atoms with Gasteiger partial charge in [-0.2, -0.15) is 0 Å². The van der Waals surface area contributed by atoms with E-state index in [1.165, 1.54) is 0 Å². The Morgan fingerprint density at radius 2 is 0.619 bits per heavy atom. The van der Waals surface area contributed by atoms with Crippen LogP contribution in [0.4, 0.5) is 0 Å². The number of carbonyl (C=O) groups excluding carboxylic acids is 7. The standard InChI is InChI=1S/C37H37N7O19/c38-31(57)16(42-37(63)18(44-35(61)15-7-25(51)30(56)26(52)8-15)11-40-33(59)13-3-21(47)28(54)22(48)4-13)9-41-36(62)17(43-34(60)14-5-23(49)29(55)24(50)6-14)10-39-32(58)12-1-19(45)27(53)20(46)2-12/h1-8,16-18,45-56H,9-11H2,(H2,38,57)(H,39,58)(H,40,59)(H,41,62)(H,42,63)(H,43,60)(H,44,61). The van der Waals surface area contributed by atoms with Crippen molar-refractivity contribution in [3.05, 3.63) is 70.8 Å². The molecule has 26 nitrogen and oxygen atoms in total. The molecule has 0 aliphatic carbocycles. The van der Waals surface area contributed by atoms with Crippen LogP contribution in [0.5, 0.6) is 69.0 Å². The fraction of sp³-hybridized carbons (Fsp3) is 0.162. The van der Waals surface area contributed by atoms with Crippen LogP contribution in [0.2, 0.25) is 0 Å². The van der Waals surface area contributed by atoms with E-state index in [1.807, 2.05) is 0 Å². The average molecular weight is 884 g/mol. The molecule has 4 rings (SSSR count). The monoisotopic (exact) mass is 883 g/mol. The molecule has 4 aromatic carbocycles. The first kappa shape index (κ1) is 46.5. The molecule has 0 fully saturated rings. The van der Waals surface area contributed by atoms with E-state index in [4.69, 9.17) is 5.73 Å². The zero-order valence-corrected chi connectivity index (χ0v) is 31.8. The van der Waals surface area contributed by atoms with Crippen LogP contribution in [-0.4, -0.2) is 140 Å². The molecule has 0 heterocycles. The van der Waals surface area contributed by atoms with Gasteiger partial charge in [0, 0.05) is 41.9 Å². The largest absolute Gasteiger partial charge is 0.504 e. The Morgan fingerprint density at radius 3 is 0.905 bits per heavy atom. The highest BCUT2D eigenvalue weighted by atomic mass is 16.3.